The molecule has 1 aromatic rings. The zero-order valence-electron chi connectivity index (χ0n) is 9.96. The summed E-state index contributed by atoms with van der Waals surface area (Å²) in [6, 6.07) is 4.89. The molecule has 0 N–H and O–H groups in total. The number of aryl methyl sites for hydroxylation is 1. The minimum Gasteiger partial charge on any atom is -0.468 e. The molecule has 3 nitrogen and oxygen atoms in total. The number of methoxy groups -OCH3 is 1. The number of esters is 1. The van der Waals surface area contributed by atoms with Crippen LogP contribution in [-0.4, -0.2) is 26.3 Å². The lowest BCUT2D eigenvalue weighted by Crippen LogP contribution is -2.51. The molecule has 0 aliphatic carbocycles. The summed E-state index contributed by atoms with van der Waals surface area (Å²) in [7, 11) is 1.37. The van der Waals surface area contributed by atoms with E-state index in [9.17, 15) is 9.18 Å². The van der Waals surface area contributed by atoms with Crippen LogP contribution >= 0.6 is 0 Å². The smallest absolute Gasteiger partial charge is 0.316 e. The average molecular weight is 238 g/mol. The van der Waals surface area contributed by atoms with Crippen molar-refractivity contribution in [3.8, 4) is 0 Å². The number of ether oxygens (including phenoxy) is 2. The van der Waals surface area contributed by atoms with Crippen molar-refractivity contribution in [1.82, 2.24) is 0 Å². The van der Waals surface area contributed by atoms with E-state index in [-0.39, 0.29) is 11.8 Å². The van der Waals surface area contributed by atoms with Gasteiger partial charge in [-0.3, -0.25) is 4.79 Å². The van der Waals surface area contributed by atoms with E-state index < -0.39 is 5.41 Å². The van der Waals surface area contributed by atoms with E-state index in [1.807, 2.05) is 0 Å². The maximum Gasteiger partial charge on any atom is 0.316 e. The van der Waals surface area contributed by atoms with Gasteiger partial charge in [-0.1, -0.05) is 12.1 Å². The molecule has 1 heterocycles. The van der Waals surface area contributed by atoms with Crippen molar-refractivity contribution in [2.45, 2.75) is 13.3 Å². The van der Waals surface area contributed by atoms with E-state index >= 15 is 0 Å². The standard InChI is InChI=1S/C13H15FO3/c1-9-5-10(3-4-11(9)14)6-13(7-17-8-13)12(15)16-2/h3-5H,6-8H2,1-2H3. The third kappa shape index (κ3) is 2.17. The Bertz CT molecular complexity index is 438. The van der Waals surface area contributed by atoms with Gasteiger partial charge >= 0.3 is 5.97 Å². The highest BCUT2D eigenvalue weighted by Gasteiger charge is 2.47. The molecule has 0 bridgehead atoms. The van der Waals surface area contributed by atoms with E-state index in [4.69, 9.17) is 9.47 Å². The Hall–Kier alpha value is -1.42. The molecule has 1 aromatic carbocycles. The summed E-state index contributed by atoms with van der Waals surface area (Å²) in [5.41, 5.74) is 0.930. The van der Waals surface area contributed by atoms with Crippen molar-refractivity contribution in [1.29, 1.82) is 0 Å². The largest absolute Gasteiger partial charge is 0.468 e. The Labute approximate surface area is 99.5 Å². The molecule has 17 heavy (non-hydrogen) atoms. The van der Waals surface area contributed by atoms with Crippen molar-refractivity contribution in [2.24, 2.45) is 5.41 Å². The molecule has 1 aliphatic heterocycles. The van der Waals surface area contributed by atoms with Crippen LogP contribution in [0.15, 0.2) is 18.2 Å². The van der Waals surface area contributed by atoms with Crippen LogP contribution in [0.4, 0.5) is 4.39 Å². The van der Waals surface area contributed by atoms with E-state index in [0.29, 0.717) is 25.2 Å². The van der Waals surface area contributed by atoms with Gasteiger partial charge in [0.05, 0.1) is 20.3 Å². The number of halogens is 1. The molecule has 92 valence electrons. The Morgan fingerprint density at radius 1 is 1.53 bits per heavy atom. The topological polar surface area (TPSA) is 35.5 Å². The number of hydrogen-bond acceptors (Lipinski definition) is 3. The summed E-state index contributed by atoms with van der Waals surface area (Å²) in [4.78, 5) is 11.7. The second kappa shape index (κ2) is 4.45. The Balaban J connectivity index is 2.18. The van der Waals surface area contributed by atoms with Gasteiger partial charge in [-0.25, -0.2) is 4.39 Å². The fourth-order valence-corrected chi connectivity index (χ4v) is 2.06. The third-order valence-electron chi connectivity index (χ3n) is 3.14. The molecule has 1 fully saturated rings. The number of carbonyl (C=O) groups is 1. The van der Waals surface area contributed by atoms with E-state index in [1.54, 1.807) is 19.1 Å². The highest BCUT2D eigenvalue weighted by molar-refractivity contribution is 5.78. The molecule has 2 rings (SSSR count). The summed E-state index contributed by atoms with van der Waals surface area (Å²) in [6.07, 6.45) is 0.529. The summed E-state index contributed by atoms with van der Waals surface area (Å²) < 4.78 is 23.0. The van der Waals surface area contributed by atoms with Crippen molar-refractivity contribution in [3.05, 3.63) is 35.1 Å². The normalized spacial score (nSPS) is 17.4. The Kier molecular flexibility index (Phi) is 3.15. The Morgan fingerprint density at radius 2 is 2.24 bits per heavy atom. The maximum absolute atomic E-state index is 13.1. The maximum atomic E-state index is 13.1. The highest BCUT2D eigenvalue weighted by atomic mass is 19.1. The number of hydrogen-bond donors (Lipinski definition) is 0. The first-order valence-electron chi connectivity index (χ1n) is 5.49. The molecule has 0 amide bonds. The van der Waals surface area contributed by atoms with Gasteiger partial charge in [0.1, 0.15) is 11.2 Å². The van der Waals surface area contributed by atoms with Crippen LogP contribution in [0.3, 0.4) is 0 Å². The zero-order chi connectivity index (χ0) is 12.5. The van der Waals surface area contributed by atoms with E-state index in [0.717, 1.165) is 5.56 Å². The van der Waals surface area contributed by atoms with Crippen molar-refractivity contribution in [2.75, 3.05) is 20.3 Å². The van der Waals surface area contributed by atoms with Crippen LogP contribution in [0.25, 0.3) is 0 Å². The van der Waals surface area contributed by atoms with Crippen LogP contribution in [0.2, 0.25) is 0 Å². The zero-order valence-corrected chi connectivity index (χ0v) is 9.96. The Morgan fingerprint density at radius 3 is 2.71 bits per heavy atom. The molecular formula is C13H15FO3. The highest BCUT2D eigenvalue weighted by Crippen LogP contribution is 2.33. The first-order valence-corrected chi connectivity index (χ1v) is 5.49. The van der Waals surface area contributed by atoms with Gasteiger partial charge in [-0.2, -0.15) is 0 Å². The van der Waals surface area contributed by atoms with Crippen molar-refractivity contribution in [3.63, 3.8) is 0 Å². The molecule has 0 saturated carbocycles. The van der Waals surface area contributed by atoms with Gasteiger partial charge in [0.2, 0.25) is 0 Å². The van der Waals surface area contributed by atoms with Crippen molar-refractivity contribution >= 4 is 5.97 Å². The van der Waals surface area contributed by atoms with Gasteiger partial charge in [-0.05, 0) is 30.5 Å². The fraction of sp³-hybridized carbons (Fsp3) is 0.462. The van der Waals surface area contributed by atoms with E-state index in [2.05, 4.69) is 0 Å². The predicted molar refractivity (Wildman–Crippen MR) is 60.1 cm³/mol. The molecule has 0 atom stereocenters. The van der Waals surface area contributed by atoms with Gasteiger partial charge in [0, 0.05) is 0 Å². The molecular weight excluding hydrogens is 223 g/mol. The second-order valence-electron chi connectivity index (χ2n) is 4.53. The lowest BCUT2D eigenvalue weighted by molar-refractivity contribution is -0.182. The summed E-state index contributed by atoms with van der Waals surface area (Å²) >= 11 is 0. The fourth-order valence-electron chi connectivity index (χ4n) is 2.06. The molecule has 0 spiro atoms. The third-order valence-corrected chi connectivity index (χ3v) is 3.14. The lowest BCUT2D eigenvalue weighted by Gasteiger charge is -2.38. The van der Waals surface area contributed by atoms with Crippen LogP contribution in [0, 0.1) is 18.2 Å². The number of rotatable bonds is 3. The summed E-state index contributed by atoms with van der Waals surface area (Å²) in [5, 5.41) is 0. The molecule has 1 aliphatic rings. The second-order valence-corrected chi connectivity index (χ2v) is 4.53. The van der Waals surface area contributed by atoms with Crippen LogP contribution in [0.5, 0.6) is 0 Å². The van der Waals surface area contributed by atoms with Gasteiger partial charge in [0.15, 0.2) is 0 Å². The summed E-state index contributed by atoms with van der Waals surface area (Å²) in [6.45, 7) is 2.45. The quantitative estimate of drug-likeness (QED) is 0.754. The van der Waals surface area contributed by atoms with E-state index in [1.165, 1.54) is 13.2 Å². The molecule has 0 aromatic heterocycles. The molecule has 1 saturated heterocycles. The predicted octanol–water partition coefficient (Wildman–Crippen LogP) is 1.87. The SMILES string of the molecule is COC(=O)C1(Cc2ccc(F)c(C)c2)COC1. The van der Waals surface area contributed by atoms with Crippen LogP contribution in [0.1, 0.15) is 11.1 Å². The first kappa shape index (κ1) is 12.0. The first-order chi connectivity index (χ1) is 8.07. The van der Waals surface area contributed by atoms with Crippen molar-refractivity contribution < 1.29 is 18.7 Å². The number of carbonyl (C=O) groups excluding carboxylic acids is 1. The summed E-state index contributed by atoms with van der Waals surface area (Å²) in [5.74, 6) is -0.489. The minimum atomic E-state index is -0.584. The molecule has 4 heteroatoms. The van der Waals surface area contributed by atoms with Gasteiger partial charge in [-0.15, -0.1) is 0 Å². The van der Waals surface area contributed by atoms with Gasteiger partial charge < -0.3 is 9.47 Å². The monoisotopic (exact) mass is 238 g/mol. The minimum absolute atomic E-state index is 0.231. The van der Waals surface area contributed by atoms with Crippen LogP contribution < -0.4 is 0 Å². The van der Waals surface area contributed by atoms with Crippen LogP contribution in [-0.2, 0) is 20.7 Å². The average Bonchev–Trinajstić information content (AvgIpc) is 2.27. The molecule has 0 radical (unpaired) electrons. The number of benzene rings is 1. The van der Waals surface area contributed by atoms with Gasteiger partial charge in [0.25, 0.3) is 0 Å². The molecule has 0 unspecified atom stereocenters. The lowest BCUT2D eigenvalue weighted by atomic mass is 9.79.